The van der Waals surface area contributed by atoms with Gasteiger partial charge in [-0.05, 0) is 98.0 Å². The van der Waals surface area contributed by atoms with Crippen LogP contribution in [0.5, 0.6) is 0 Å². The van der Waals surface area contributed by atoms with Gasteiger partial charge in [-0.25, -0.2) is 0 Å². The van der Waals surface area contributed by atoms with Gasteiger partial charge in [-0.15, -0.1) is 0 Å². The lowest BCUT2D eigenvalue weighted by atomic mass is 9.53. The molecule has 1 saturated carbocycles. The van der Waals surface area contributed by atoms with Gasteiger partial charge in [0.1, 0.15) is 6.29 Å². The fourth-order valence-corrected chi connectivity index (χ4v) is 6.03. The van der Waals surface area contributed by atoms with E-state index in [1.54, 1.807) is 7.11 Å². The summed E-state index contributed by atoms with van der Waals surface area (Å²) in [6, 6.07) is 0. The second-order valence-electron chi connectivity index (χ2n) is 11.1. The summed E-state index contributed by atoms with van der Waals surface area (Å²) in [5, 5.41) is 21.3. The van der Waals surface area contributed by atoms with Gasteiger partial charge in [-0.2, -0.15) is 0 Å². The molecule has 0 unspecified atom stereocenters. The van der Waals surface area contributed by atoms with Crippen LogP contribution in [0.2, 0.25) is 0 Å². The van der Waals surface area contributed by atoms with Gasteiger partial charge in [0, 0.05) is 13.7 Å². The van der Waals surface area contributed by atoms with Crippen molar-refractivity contribution >= 4 is 6.29 Å². The normalized spacial score (nSPS) is 32.9. The summed E-state index contributed by atoms with van der Waals surface area (Å²) in [7, 11) is 1.62. The van der Waals surface area contributed by atoms with E-state index >= 15 is 0 Å². The summed E-state index contributed by atoms with van der Waals surface area (Å²) in [5.41, 5.74) is 3.81. The van der Waals surface area contributed by atoms with Crippen LogP contribution in [0, 0.1) is 11.3 Å². The van der Waals surface area contributed by atoms with Crippen LogP contribution in [-0.2, 0) is 14.3 Å². The predicted molar refractivity (Wildman–Crippen MR) is 146 cm³/mol. The Hall–Kier alpha value is -1.79. The number of hydrogen-bond donors (Lipinski definition) is 2. The van der Waals surface area contributed by atoms with Gasteiger partial charge in [0.2, 0.25) is 0 Å². The molecular formula is C31H48O5. The molecule has 0 aromatic heterocycles. The molecule has 5 heteroatoms. The maximum absolute atomic E-state index is 11.7. The average molecular weight is 501 g/mol. The molecule has 5 nitrogen and oxygen atoms in total. The number of hydrogen-bond acceptors (Lipinski definition) is 5. The number of aliphatic hydroxyl groups excluding tert-OH is 1. The van der Waals surface area contributed by atoms with E-state index in [0.29, 0.717) is 37.7 Å². The van der Waals surface area contributed by atoms with Gasteiger partial charge >= 0.3 is 0 Å². The third-order valence-electron chi connectivity index (χ3n) is 8.01. The molecule has 2 aliphatic rings. The molecule has 5 atom stereocenters. The maximum Gasteiger partial charge on any atom is 0.166 e. The first-order valence-electron chi connectivity index (χ1n) is 13.3. The van der Waals surface area contributed by atoms with Gasteiger partial charge in [0.25, 0.3) is 0 Å². The van der Waals surface area contributed by atoms with Crippen LogP contribution in [0.15, 0.2) is 58.2 Å². The highest BCUT2D eigenvalue weighted by molar-refractivity contribution is 5.74. The molecule has 2 fully saturated rings. The Morgan fingerprint density at radius 3 is 2.56 bits per heavy atom. The largest absolute Gasteiger partial charge is 0.396 e. The Bertz CT molecular complexity index is 900. The van der Waals surface area contributed by atoms with E-state index in [4.69, 9.17) is 9.47 Å². The molecule has 2 rings (SSSR count). The maximum atomic E-state index is 11.7. The number of rotatable bonds is 11. The van der Waals surface area contributed by atoms with Gasteiger partial charge in [-0.1, -0.05) is 52.7 Å². The number of carbonyl (C=O) groups is 1. The molecule has 0 amide bonds. The van der Waals surface area contributed by atoms with E-state index in [2.05, 4.69) is 58.1 Å². The first-order chi connectivity index (χ1) is 17.0. The molecule has 0 radical (unpaired) electrons. The quantitative estimate of drug-likeness (QED) is 0.149. The van der Waals surface area contributed by atoms with Crippen molar-refractivity contribution in [3.05, 3.63) is 58.2 Å². The highest BCUT2D eigenvalue weighted by Gasteiger charge is 2.64. The standard InChI is InChI=1S/C31H48O5/c1-22(2)11-8-12-23(3)13-9-14-24(4)19-26-20-31(29(35-7)36-26)28(15-10-18-32)27(25(5)21-33)16-17-30(31,6)34/h9,11,13-14,19,21,26,28-29,32,34H,8,10,12,15-18,20H2,1-7H3/b14-9+,23-13+,24-19+,27-25-/t26-,28+,29+,30-,31-/m0/s1. The molecule has 1 saturated heterocycles. The molecule has 0 aromatic rings. The number of methoxy groups -OCH3 is 1. The van der Waals surface area contributed by atoms with Crippen LogP contribution >= 0.6 is 0 Å². The van der Waals surface area contributed by atoms with E-state index in [1.807, 2.05) is 13.8 Å². The van der Waals surface area contributed by atoms with E-state index in [9.17, 15) is 15.0 Å². The van der Waals surface area contributed by atoms with Crippen molar-refractivity contribution in [1.82, 2.24) is 0 Å². The lowest BCUT2D eigenvalue weighted by Crippen LogP contribution is -2.59. The summed E-state index contributed by atoms with van der Waals surface area (Å²) < 4.78 is 12.3. The number of aldehydes is 1. The van der Waals surface area contributed by atoms with Gasteiger partial charge in [-0.3, -0.25) is 4.79 Å². The molecule has 1 heterocycles. The molecule has 202 valence electrons. The molecule has 1 spiro atoms. The molecule has 1 aliphatic heterocycles. The highest BCUT2D eigenvalue weighted by atomic mass is 16.7. The zero-order valence-corrected chi connectivity index (χ0v) is 23.5. The molecule has 0 bridgehead atoms. The number of aliphatic hydroxyl groups is 2. The van der Waals surface area contributed by atoms with Crippen LogP contribution in [0.25, 0.3) is 0 Å². The molecular weight excluding hydrogens is 452 g/mol. The van der Waals surface area contributed by atoms with E-state index in [0.717, 1.165) is 30.3 Å². The fraction of sp³-hybridized carbons (Fsp3) is 0.645. The third kappa shape index (κ3) is 7.16. The lowest BCUT2D eigenvalue weighted by molar-refractivity contribution is -0.231. The summed E-state index contributed by atoms with van der Waals surface area (Å²) in [6.45, 7) is 12.2. The summed E-state index contributed by atoms with van der Waals surface area (Å²) >= 11 is 0. The molecule has 1 aliphatic carbocycles. The zero-order chi connectivity index (χ0) is 26.9. The fourth-order valence-electron chi connectivity index (χ4n) is 6.03. The van der Waals surface area contributed by atoms with Gasteiger partial charge in [0.15, 0.2) is 6.29 Å². The number of carbonyl (C=O) groups excluding carboxylic acids is 1. The first kappa shape index (κ1) is 30.4. The van der Waals surface area contributed by atoms with Crippen LogP contribution in [0.4, 0.5) is 0 Å². The van der Waals surface area contributed by atoms with Crippen molar-refractivity contribution in [3.8, 4) is 0 Å². The van der Waals surface area contributed by atoms with Crippen LogP contribution in [0.3, 0.4) is 0 Å². The second kappa shape index (κ2) is 13.7. The second-order valence-corrected chi connectivity index (χ2v) is 11.1. The van der Waals surface area contributed by atoms with Gasteiger partial charge in [0.05, 0.1) is 17.1 Å². The molecule has 36 heavy (non-hydrogen) atoms. The Kier molecular flexibility index (Phi) is 11.6. The Balaban J connectivity index is 2.32. The summed E-state index contributed by atoms with van der Waals surface area (Å²) in [4.78, 5) is 11.7. The summed E-state index contributed by atoms with van der Waals surface area (Å²) in [6.07, 6.45) is 15.9. The van der Waals surface area contributed by atoms with Crippen molar-refractivity contribution in [2.75, 3.05) is 13.7 Å². The SMILES string of the molecule is CO[C@@H]1O[C@@H](/C=C(C)/C=C/C=C(\C)CCC=C(C)C)C[C@]12[C@H](CCCO)/C(=C(/C)C=O)CC[C@]2(C)O. The number of ether oxygens (including phenoxy) is 2. The van der Waals surface area contributed by atoms with Crippen molar-refractivity contribution in [3.63, 3.8) is 0 Å². The highest BCUT2D eigenvalue weighted by Crippen LogP contribution is 2.61. The predicted octanol–water partition coefficient (Wildman–Crippen LogP) is 6.38. The first-order valence-corrected chi connectivity index (χ1v) is 13.3. The topological polar surface area (TPSA) is 76.0 Å². The zero-order valence-electron chi connectivity index (χ0n) is 23.5. The minimum Gasteiger partial charge on any atom is -0.396 e. The van der Waals surface area contributed by atoms with E-state index < -0.39 is 17.3 Å². The van der Waals surface area contributed by atoms with Gasteiger partial charge < -0.3 is 19.7 Å². The smallest absolute Gasteiger partial charge is 0.166 e. The van der Waals surface area contributed by atoms with Crippen molar-refractivity contribution in [1.29, 1.82) is 0 Å². The van der Waals surface area contributed by atoms with Crippen molar-refractivity contribution in [2.45, 2.75) is 104 Å². The molecule has 0 aromatic carbocycles. The van der Waals surface area contributed by atoms with Crippen molar-refractivity contribution in [2.24, 2.45) is 11.3 Å². The van der Waals surface area contributed by atoms with E-state index in [1.165, 1.54) is 11.1 Å². The van der Waals surface area contributed by atoms with E-state index in [-0.39, 0.29) is 18.6 Å². The third-order valence-corrected chi connectivity index (χ3v) is 8.01. The van der Waals surface area contributed by atoms with Crippen LogP contribution < -0.4 is 0 Å². The summed E-state index contributed by atoms with van der Waals surface area (Å²) in [5.74, 6) is -0.107. The lowest BCUT2D eigenvalue weighted by Gasteiger charge is -2.54. The monoisotopic (exact) mass is 500 g/mol. The Labute approximate surface area is 218 Å². The van der Waals surface area contributed by atoms with Crippen LogP contribution in [0.1, 0.15) is 86.5 Å². The minimum atomic E-state index is -1.03. The Morgan fingerprint density at radius 1 is 1.22 bits per heavy atom. The number of allylic oxidation sites excluding steroid dienone is 9. The van der Waals surface area contributed by atoms with Crippen LogP contribution in [-0.4, -0.2) is 48.2 Å². The van der Waals surface area contributed by atoms with Crippen molar-refractivity contribution < 1.29 is 24.5 Å². The average Bonchev–Trinajstić information content (AvgIpc) is 3.18. The minimum absolute atomic E-state index is 0.0646. The Morgan fingerprint density at radius 2 is 1.94 bits per heavy atom. The molecule has 2 N–H and O–H groups in total.